The molecule has 0 fully saturated rings. The number of carbonyl (C=O) groups is 3. The predicted octanol–water partition coefficient (Wildman–Crippen LogP) is 3.05. The van der Waals surface area contributed by atoms with Crippen LogP contribution in [0.1, 0.15) is 57.2 Å². The standard InChI is InChI=1S/C27H33N3O3/c1-20(31)30-24(13-9-8-10-21-14-16-23(17-15-21)27(2,3)4)26(33)29-19-25(32)28-18-22-11-6-5-7-12-22/h5-7,11-12,14-17,24H,9,13,18-19H2,1-4H3,(H,28,32)(H,29,33)(H,30,31)/t24-/m0/s1. The minimum atomic E-state index is -0.748. The van der Waals surface area contributed by atoms with Crippen LogP contribution in [0.3, 0.4) is 0 Å². The summed E-state index contributed by atoms with van der Waals surface area (Å²) in [5.41, 5.74) is 3.20. The van der Waals surface area contributed by atoms with E-state index in [2.05, 4.69) is 60.7 Å². The number of nitrogens with one attached hydrogen (secondary N) is 3. The molecule has 0 heterocycles. The number of rotatable bonds is 8. The Balaban J connectivity index is 1.83. The molecule has 3 N–H and O–H groups in total. The lowest BCUT2D eigenvalue weighted by Gasteiger charge is -2.18. The van der Waals surface area contributed by atoms with Crippen molar-refractivity contribution in [3.05, 3.63) is 71.3 Å². The van der Waals surface area contributed by atoms with Crippen LogP contribution in [0.2, 0.25) is 0 Å². The van der Waals surface area contributed by atoms with E-state index in [0.717, 1.165) is 11.1 Å². The second-order valence-electron chi connectivity index (χ2n) is 8.90. The fourth-order valence-corrected chi connectivity index (χ4v) is 3.10. The first-order valence-corrected chi connectivity index (χ1v) is 11.1. The summed E-state index contributed by atoms with van der Waals surface area (Å²) in [6, 6.07) is 16.9. The van der Waals surface area contributed by atoms with Gasteiger partial charge in [0.25, 0.3) is 0 Å². The Morgan fingerprint density at radius 1 is 0.939 bits per heavy atom. The molecule has 0 aliphatic heterocycles. The molecule has 0 radical (unpaired) electrons. The van der Waals surface area contributed by atoms with Crippen molar-refractivity contribution in [2.24, 2.45) is 0 Å². The zero-order valence-corrected chi connectivity index (χ0v) is 19.8. The highest BCUT2D eigenvalue weighted by Gasteiger charge is 2.19. The van der Waals surface area contributed by atoms with Gasteiger partial charge in [-0.3, -0.25) is 14.4 Å². The molecule has 1 atom stereocenters. The molecule has 0 aliphatic carbocycles. The highest BCUT2D eigenvalue weighted by molar-refractivity contribution is 5.90. The molecular formula is C27H33N3O3. The molecule has 0 spiro atoms. The average Bonchev–Trinajstić information content (AvgIpc) is 2.78. The first kappa shape index (κ1) is 25.7. The molecule has 6 heteroatoms. The maximum absolute atomic E-state index is 12.5. The van der Waals surface area contributed by atoms with Crippen molar-refractivity contribution in [1.29, 1.82) is 0 Å². The monoisotopic (exact) mass is 447 g/mol. The summed E-state index contributed by atoms with van der Waals surface area (Å²) in [7, 11) is 0. The van der Waals surface area contributed by atoms with E-state index >= 15 is 0 Å². The maximum atomic E-state index is 12.5. The first-order valence-electron chi connectivity index (χ1n) is 11.1. The van der Waals surface area contributed by atoms with Gasteiger partial charge in [0, 0.05) is 25.5 Å². The molecule has 2 aromatic rings. The van der Waals surface area contributed by atoms with Gasteiger partial charge in [-0.15, -0.1) is 0 Å². The number of benzene rings is 2. The normalized spacial score (nSPS) is 11.5. The van der Waals surface area contributed by atoms with Crippen LogP contribution in [0.15, 0.2) is 54.6 Å². The second-order valence-corrected chi connectivity index (χ2v) is 8.90. The predicted molar refractivity (Wildman–Crippen MR) is 130 cm³/mol. The Kier molecular flexibility index (Phi) is 9.68. The Hall–Kier alpha value is -3.59. The maximum Gasteiger partial charge on any atom is 0.243 e. The second kappa shape index (κ2) is 12.4. The van der Waals surface area contributed by atoms with Gasteiger partial charge in [-0.2, -0.15) is 0 Å². The van der Waals surface area contributed by atoms with Gasteiger partial charge in [0.1, 0.15) is 6.04 Å². The Labute approximate surface area is 196 Å². The van der Waals surface area contributed by atoms with Crippen LogP contribution in [0.4, 0.5) is 0 Å². The molecule has 3 amide bonds. The van der Waals surface area contributed by atoms with Crippen molar-refractivity contribution >= 4 is 17.7 Å². The molecule has 0 unspecified atom stereocenters. The van der Waals surface area contributed by atoms with Crippen molar-refractivity contribution in [1.82, 2.24) is 16.0 Å². The third-order valence-electron chi connectivity index (χ3n) is 4.99. The molecule has 2 aromatic carbocycles. The van der Waals surface area contributed by atoms with Gasteiger partial charge in [-0.05, 0) is 35.1 Å². The topological polar surface area (TPSA) is 87.3 Å². The van der Waals surface area contributed by atoms with E-state index in [-0.39, 0.29) is 23.8 Å². The molecule has 174 valence electrons. The van der Waals surface area contributed by atoms with Gasteiger partial charge in [0.15, 0.2) is 0 Å². The van der Waals surface area contributed by atoms with E-state index in [4.69, 9.17) is 0 Å². The van der Waals surface area contributed by atoms with Crippen molar-refractivity contribution in [2.75, 3.05) is 6.54 Å². The third kappa shape index (κ3) is 9.61. The van der Waals surface area contributed by atoms with E-state index < -0.39 is 11.9 Å². The molecule has 0 bridgehead atoms. The molecule has 0 saturated carbocycles. The van der Waals surface area contributed by atoms with Crippen LogP contribution in [0.25, 0.3) is 0 Å². The van der Waals surface area contributed by atoms with E-state index in [0.29, 0.717) is 19.4 Å². The number of hydrogen-bond donors (Lipinski definition) is 3. The lowest BCUT2D eigenvalue weighted by molar-refractivity contribution is -0.129. The molecular weight excluding hydrogens is 414 g/mol. The minimum absolute atomic E-state index is 0.0867. The Morgan fingerprint density at radius 2 is 1.61 bits per heavy atom. The summed E-state index contributed by atoms with van der Waals surface area (Å²) in [5, 5.41) is 7.98. The van der Waals surface area contributed by atoms with Crippen LogP contribution < -0.4 is 16.0 Å². The van der Waals surface area contributed by atoms with Crippen LogP contribution in [-0.2, 0) is 26.3 Å². The van der Waals surface area contributed by atoms with Gasteiger partial charge < -0.3 is 16.0 Å². The molecule has 0 saturated heterocycles. The van der Waals surface area contributed by atoms with Gasteiger partial charge in [-0.25, -0.2) is 0 Å². The molecule has 6 nitrogen and oxygen atoms in total. The molecule has 0 aromatic heterocycles. The molecule has 33 heavy (non-hydrogen) atoms. The van der Waals surface area contributed by atoms with Gasteiger partial charge in [-0.1, -0.05) is 75.1 Å². The smallest absolute Gasteiger partial charge is 0.243 e. The highest BCUT2D eigenvalue weighted by Crippen LogP contribution is 2.21. The van der Waals surface area contributed by atoms with Crippen LogP contribution in [0, 0.1) is 11.8 Å². The largest absolute Gasteiger partial charge is 0.350 e. The zero-order valence-electron chi connectivity index (χ0n) is 19.8. The fourth-order valence-electron chi connectivity index (χ4n) is 3.10. The summed E-state index contributed by atoms with van der Waals surface area (Å²) >= 11 is 0. The summed E-state index contributed by atoms with van der Waals surface area (Å²) in [4.78, 5) is 36.0. The summed E-state index contributed by atoms with van der Waals surface area (Å²) < 4.78 is 0. The number of carbonyl (C=O) groups excluding carboxylic acids is 3. The van der Waals surface area contributed by atoms with Crippen LogP contribution in [-0.4, -0.2) is 30.3 Å². The number of amides is 3. The Morgan fingerprint density at radius 3 is 2.21 bits per heavy atom. The fraction of sp³-hybridized carbons (Fsp3) is 0.370. The van der Waals surface area contributed by atoms with Crippen molar-refractivity contribution < 1.29 is 14.4 Å². The van der Waals surface area contributed by atoms with Crippen LogP contribution >= 0.6 is 0 Å². The Bertz CT molecular complexity index is 997. The van der Waals surface area contributed by atoms with Gasteiger partial charge in [0.2, 0.25) is 17.7 Å². The van der Waals surface area contributed by atoms with E-state index in [1.54, 1.807) is 0 Å². The molecule has 2 rings (SSSR count). The first-order chi connectivity index (χ1) is 15.6. The van der Waals surface area contributed by atoms with Crippen molar-refractivity contribution in [3.63, 3.8) is 0 Å². The lowest BCUT2D eigenvalue weighted by Crippen LogP contribution is -2.48. The third-order valence-corrected chi connectivity index (χ3v) is 4.99. The highest BCUT2D eigenvalue weighted by atomic mass is 16.2. The number of hydrogen-bond acceptors (Lipinski definition) is 3. The zero-order chi connectivity index (χ0) is 24.3. The quantitative estimate of drug-likeness (QED) is 0.544. The summed E-state index contributed by atoms with van der Waals surface area (Å²) in [5.74, 6) is 5.14. The van der Waals surface area contributed by atoms with Crippen LogP contribution in [0.5, 0.6) is 0 Å². The molecule has 0 aliphatic rings. The van der Waals surface area contributed by atoms with Crippen molar-refractivity contribution in [2.45, 2.75) is 58.5 Å². The summed E-state index contributed by atoms with van der Waals surface area (Å²) in [6.45, 7) is 8.06. The average molecular weight is 448 g/mol. The van der Waals surface area contributed by atoms with E-state index in [9.17, 15) is 14.4 Å². The minimum Gasteiger partial charge on any atom is -0.350 e. The lowest BCUT2D eigenvalue weighted by atomic mass is 9.87. The van der Waals surface area contributed by atoms with Crippen molar-refractivity contribution in [3.8, 4) is 11.8 Å². The van der Waals surface area contributed by atoms with E-state index in [1.165, 1.54) is 12.5 Å². The summed E-state index contributed by atoms with van der Waals surface area (Å²) in [6.07, 6.45) is 0.781. The SMILES string of the molecule is CC(=O)N[C@@H](CCC#Cc1ccc(C(C)(C)C)cc1)C(=O)NCC(=O)NCc1ccccc1. The van der Waals surface area contributed by atoms with Gasteiger partial charge >= 0.3 is 0 Å². The van der Waals surface area contributed by atoms with E-state index in [1.807, 2.05) is 42.5 Å². The van der Waals surface area contributed by atoms with Gasteiger partial charge in [0.05, 0.1) is 6.54 Å².